The number of benzene rings is 2. The van der Waals surface area contributed by atoms with Crippen LogP contribution in [0.4, 0.5) is 5.69 Å². The number of amides is 1. The van der Waals surface area contributed by atoms with Crippen molar-refractivity contribution < 1.29 is 9.53 Å². The van der Waals surface area contributed by atoms with Crippen LogP contribution in [0, 0.1) is 13.8 Å². The predicted octanol–water partition coefficient (Wildman–Crippen LogP) is 4.52. The van der Waals surface area contributed by atoms with E-state index in [4.69, 9.17) is 17.0 Å². The highest BCUT2D eigenvalue weighted by Gasteiger charge is 2.08. The summed E-state index contributed by atoms with van der Waals surface area (Å²) < 4.78 is 6.37. The van der Waals surface area contributed by atoms with Gasteiger partial charge >= 0.3 is 0 Å². The van der Waals surface area contributed by atoms with E-state index in [0.29, 0.717) is 5.75 Å². The van der Waals surface area contributed by atoms with Crippen molar-refractivity contribution in [3.05, 3.63) is 57.6 Å². The van der Waals surface area contributed by atoms with Gasteiger partial charge in [0.1, 0.15) is 5.75 Å². The average molecular weight is 421 g/mol. The third-order valence-corrected chi connectivity index (χ3v) is 4.60. The Morgan fingerprint density at radius 3 is 2.56 bits per heavy atom. The highest BCUT2D eigenvalue weighted by molar-refractivity contribution is 9.10. The van der Waals surface area contributed by atoms with Gasteiger partial charge in [-0.1, -0.05) is 19.1 Å². The van der Waals surface area contributed by atoms with Crippen LogP contribution in [0.3, 0.4) is 0 Å². The molecular formula is C19H21BrN2O2S. The Balaban J connectivity index is 1.85. The van der Waals surface area contributed by atoms with E-state index in [1.807, 2.05) is 50.2 Å². The number of anilines is 1. The molecule has 25 heavy (non-hydrogen) atoms. The van der Waals surface area contributed by atoms with Crippen molar-refractivity contribution in [2.75, 3.05) is 11.9 Å². The zero-order valence-electron chi connectivity index (χ0n) is 14.5. The molecule has 2 rings (SSSR count). The van der Waals surface area contributed by atoms with Gasteiger partial charge in [-0.2, -0.15) is 0 Å². The maximum Gasteiger partial charge on any atom is 0.264 e. The molecular weight excluding hydrogens is 400 g/mol. The first kappa shape index (κ1) is 19.4. The second-order valence-corrected chi connectivity index (χ2v) is 6.97. The van der Waals surface area contributed by atoms with E-state index < -0.39 is 0 Å². The smallest absolute Gasteiger partial charge is 0.264 e. The molecule has 0 aliphatic heterocycles. The molecule has 132 valence electrons. The van der Waals surface area contributed by atoms with Crippen molar-refractivity contribution in [2.24, 2.45) is 0 Å². The summed E-state index contributed by atoms with van der Waals surface area (Å²) in [7, 11) is 0. The van der Waals surface area contributed by atoms with E-state index in [1.165, 1.54) is 11.1 Å². The Bertz CT molecular complexity index is 793. The van der Waals surface area contributed by atoms with Gasteiger partial charge in [-0.3, -0.25) is 10.1 Å². The van der Waals surface area contributed by atoms with E-state index >= 15 is 0 Å². The minimum Gasteiger partial charge on any atom is -0.483 e. The maximum atomic E-state index is 12.0. The fraction of sp³-hybridized carbons (Fsp3) is 0.263. The third kappa shape index (κ3) is 5.83. The van der Waals surface area contributed by atoms with Crippen LogP contribution in [0.1, 0.15) is 23.6 Å². The molecule has 6 heteroatoms. The quantitative estimate of drug-likeness (QED) is 0.697. The molecule has 2 aromatic carbocycles. The minimum absolute atomic E-state index is 0.112. The first-order valence-electron chi connectivity index (χ1n) is 7.98. The van der Waals surface area contributed by atoms with E-state index in [2.05, 4.69) is 33.5 Å². The number of ether oxygens (including phenoxy) is 1. The third-order valence-electron chi connectivity index (χ3n) is 3.78. The number of carbonyl (C=O) groups excluding carboxylic acids is 1. The van der Waals surface area contributed by atoms with Gasteiger partial charge in [-0.15, -0.1) is 0 Å². The van der Waals surface area contributed by atoms with Crippen molar-refractivity contribution in [3.8, 4) is 5.75 Å². The Kier molecular flexibility index (Phi) is 6.96. The van der Waals surface area contributed by atoms with Gasteiger partial charge in [0.15, 0.2) is 11.7 Å². The van der Waals surface area contributed by atoms with E-state index in [9.17, 15) is 4.79 Å². The molecule has 0 unspecified atom stereocenters. The zero-order chi connectivity index (χ0) is 18.4. The lowest BCUT2D eigenvalue weighted by molar-refractivity contribution is -0.121. The number of carbonyl (C=O) groups is 1. The molecule has 1 amide bonds. The van der Waals surface area contributed by atoms with Crippen molar-refractivity contribution in [1.82, 2.24) is 5.32 Å². The average Bonchev–Trinajstić information content (AvgIpc) is 2.56. The van der Waals surface area contributed by atoms with Crippen LogP contribution in [0.25, 0.3) is 0 Å². The summed E-state index contributed by atoms with van der Waals surface area (Å²) in [6.45, 7) is 6.04. The summed E-state index contributed by atoms with van der Waals surface area (Å²) in [5, 5.41) is 5.86. The van der Waals surface area contributed by atoms with E-state index in [-0.39, 0.29) is 17.6 Å². The van der Waals surface area contributed by atoms with Gasteiger partial charge < -0.3 is 10.1 Å². The Morgan fingerprint density at radius 1 is 1.16 bits per heavy atom. The molecule has 0 atom stereocenters. The molecule has 4 nitrogen and oxygen atoms in total. The normalized spacial score (nSPS) is 10.2. The van der Waals surface area contributed by atoms with Crippen LogP contribution in [-0.2, 0) is 11.2 Å². The molecule has 2 aromatic rings. The maximum absolute atomic E-state index is 12.0. The van der Waals surface area contributed by atoms with E-state index in [0.717, 1.165) is 22.1 Å². The monoisotopic (exact) mass is 420 g/mol. The van der Waals surface area contributed by atoms with Gasteiger partial charge in [0, 0.05) is 5.69 Å². The van der Waals surface area contributed by atoms with Gasteiger partial charge in [-0.05, 0) is 89.4 Å². The van der Waals surface area contributed by atoms with Crippen molar-refractivity contribution in [1.29, 1.82) is 0 Å². The highest BCUT2D eigenvalue weighted by atomic mass is 79.9. The summed E-state index contributed by atoms with van der Waals surface area (Å²) >= 11 is 8.62. The van der Waals surface area contributed by atoms with Gasteiger partial charge in [-0.25, -0.2) is 0 Å². The fourth-order valence-corrected chi connectivity index (χ4v) is 2.94. The molecule has 2 N–H and O–H groups in total. The van der Waals surface area contributed by atoms with Crippen LogP contribution in [0.15, 0.2) is 40.9 Å². The lowest BCUT2D eigenvalue weighted by Gasteiger charge is -2.12. The first-order chi connectivity index (χ1) is 11.9. The second kappa shape index (κ2) is 8.97. The molecule has 0 spiro atoms. The summed E-state index contributed by atoms with van der Waals surface area (Å²) in [6, 6.07) is 11.7. The van der Waals surface area contributed by atoms with Gasteiger partial charge in [0.25, 0.3) is 5.91 Å². The summed E-state index contributed by atoms with van der Waals surface area (Å²) in [6.07, 6.45) is 0.942. The molecule has 0 bridgehead atoms. The number of hydrogen-bond acceptors (Lipinski definition) is 3. The summed E-state index contributed by atoms with van der Waals surface area (Å²) in [5.74, 6) is 0.313. The zero-order valence-corrected chi connectivity index (χ0v) is 16.9. The number of hydrogen-bond donors (Lipinski definition) is 2. The van der Waals surface area contributed by atoms with Crippen LogP contribution in [-0.4, -0.2) is 17.6 Å². The number of aryl methyl sites for hydroxylation is 3. The van der Waals surface area contributed by atoms with Crippen LogP contribution in [0.5, 0.6) is 5.75 Å². The van der Waals surface area contributed by atoms with Crippen LogP contribution < -0.4 is 15.4 Å². The fourth-order valence-electron chi connectivity index (χ4n) is 2.17. The molecule has 0 aliphatic carbocycles. The molecule has 0 aliphatic rings. The number of halogens is 1. The Labute approximate surface area is 162 Å². The lowest BCUT2D eigenvalue weighted by Crippen LogP contribution is -2.37. The highest BCUT2D eigenvalue weighted by Crippen LogP contribution is 2.26. The number of thiocarbonyl (C=S) groups is 1. The molecule has 0 aromatic heterocycles. The predicted molar refractivity (Wildman–Crippen MR) is 109 cm³/mol. The molecule has 0 fully saturated rings. The van der Waals surface area contributed by atoms with Crippen LogP contribution >= 0.6 is 28.1 Å². The summed E-state index contributed by atoms with van der Waals surface area (Å²) in [5.41, 5.74) is 4.39. The van der Waals surface area contributed by atoms with Crippen molar-refractivity contribution in [2.45, 2.75) is 27.2 Å². The first-order valence-corrected chi connectivity index (χ1v) is 9.18. The largest absolute Gasteiger partial charge is 0.483 e. The molecule has 0 heterocycles. The topological polar surface area (TPSA) is 50.4 Å². The van der Waals surface area contributed by atoms with Gasteiger partial charge in [0.05, 0.1) is 4.47 Å². The Hall–Kier alpha value is -1.92. The Morgan fingerprint density at radius 2 is 1.92 bits per heavy atom. The number of nitrogens with one attached hydrogen (secondary N) is 2. The SMILES string of the molecule is CCc1ccc(OCC(=O)NC(=S)Nc2ccc(C)c(C)c2)c(Br)c1. The number of rotatable bonds is 5. The second-order valence-electron chi connectivity index (χ2n) is 5.71. The summed E-state index contributed by atoms with van der Waals surface area (Å²) in [4.78, 5) is 12.0. The van der Waals surface area contributed by atoms with E-state index in [1.54, 1.807) is 0 Å². The minimum atomic E-state index is -0.312. The molecule has 0 radical (unpaired) electrons. The lowest BCUT2D eigenvalue weighted by atomic mass is 10.1. The van der Waals surface area contributed by atoms with Gasteiger partial charge in [0.2, 0.25) is 0 Å². The molecule has 0 saturated carbocycles. The van der Waals surface area contributed by atoms with Crippen molar-refractivity contribution in [3.63, 3.8) is 0 Å². The van der Waals surface area contributed by atoms with Crippen molar-refractivity contribution >= 4 is 44.9 Å². The standard InChI is InChI=1S/C19H21BrN2O2S/c1-4-14-6-8-17(16(20)10-14)24-11-18(23)22-19(25)21-15-7-5-12(2)13(3)9-15/h5-10H,4,11H2,1-3H3,(H2,21,22,23,25). The molecule has 0 saturated heterocycles. The van der Waals surface area contributed by atoms with Crippen LogP contribution in [0.2, 0.25) is 0 Å².